The monoisotopic (exact) mass is 521 g/mol. The Morgan fingerprint density at radius 2 is 1.75 bits per heavy atom. The van der Waals surface area contributed by atoms with Gasteiger partial charge in [-0.15, -0.1) is 10.2 Å². The Hall–Kier alpha value is -3.82. The average Bonchev–Trinajstić information content (AvgIpc) is 3.31. The van der Waals surface area contributed by atoms with Crippen molar-refractivity contribution in [1.29, 1.82) is 0 Å². The number of thioether (sulfide) groups is 1. The van der Waals surface area contributed by atoms with Crippen LogP contribution in [0.1, 0.15) is 19.4 Å². The molecule has 4 aromatic rings. The van der Waals surface area contributed by atoms with Gasteiger partial charge in [0.1, 0.15) is 11.5 Å². The molecule has 1 heterocycles. The van der Waals surface area contributed by atoms with E-state index in [0.29, 0.717) is 28.3 Å². The molecule has 0 bridgehead atoms. The van der Waals surface area contributed by atoms with Gasteiger partial charge in [-0.25, -0.2) is 5.43 Å². The number of phenolic OH excluding ortho intramolecular Hbond substituents is 1. The third-order valence-electron chi connectivity index (χ3n) is 5.11. The largest absolute Gasteiger partial charge is 0.508 e. The minimum Gasteiger partial charge on any atom is -0.508 e. The van der Waals surface area contributed by atoms with Crippen LogP contribution in [0.25, 0.3) is 17.1 Å². The predicted molar refractivity (Wildman–Crippen MR) is 142 cm³/mol. The summed E-state index contributed by atoms with van der Waals surface area (Å²) < 4.78 is 7.45. The van der Waals surface area contributed by atoms with Crippen molar-refractivity contribution in [2.75, 3.05) is 12.4 Å². The van der Waals surface area contributed by atoms with Crippen LogP contribution >= 0.6 is 23.4 Å². The summed E-state index contributed by atoms with van der Waals surface area (Å²) in [5, 5.41) is 23.5. The van der Waals surface area contributed by atoms with Crippen LogP contribution in [-0.4, -0.2) is 43.8 Å². The van der Waals surface area contributed by atoms with Gasteiger partial charge in [0.2, 0.25) is 0 Å². The zero-order valence-corrected chi connectivity index (χ0v) is 21.3. The quantitative estimate of drug-likeness (QED) is 0.175. The van der Waals surface area contributed by atoms with E-state index in [0.717, 1.165) is 22.6 Å². The van der Waals surface area contributed by atoms with Gasteiger partial charge in [0.25, 0.3) is 5.91 Å². The molecule has 0 unspecified atom stereocenters. The fraction of sp³-hybridized carbons (Fsp3) is 0.154. The van der Waals surface area contributed by atoms with Crippen LogP contribution in [0.2, 0.25) is 5.02 Å². The molecule has 3 aromatic carbocycles. The van der Waals surface area contributed by atoms with Crippen molar-refractivity contribution < 1.29 is 14.6 Å². The number of carbonyl (C=O) groups is 1. The molecule has 1 amide bonds. The van der Waals surface area contributed by atoms with E-state index < -0.39 is 0 Å². The molecule has 184 valence electrons. The number of hydrogen-bond donors (Lipinski definition) is 2. The maximum absolute atomic E-state index is 12.5. The van der Waals surface area contributed by atoms with E-state index in [1.165, 1.54) is 11.8 Å². The molecular formula is C26H24ClN5O3S. The highest BCUT2D eigenvalue weighted by Gasteiger charge is 2.17. The number of nitrogens with zero attached hydrogens (tertiary/aromatic N) is 4. The Bertz CT molecular complexity index is 1350. The first kappa shape index (κ1) is 25.3. The molecule has 0 saturated carbocycles. The maximum Gasteiger partial charge on any atom is 0.250 e. The molecule has 10 heteroatoms. The number of halogens is 1. The summed E-state index contributed by atoms with van der Waals surface area (Å²) in [6.45, 7) is 4.29. The lowest BCUT2D eigenvalue weighted by Crippen LogP contribution is -2.21. The smallest absolute Gasteiger partial charge is 0.250 e. The van der Waals surface area contributed by atoms with Crippen molar-refractivity contribution >= 4 is 35.0 Å². The van der Waals surface area contributed by atoms with Crippen molar-refractivity contribution in [2.45, 2.75) is 19.0 Å². The topological polar surface area (TPSA) is 102 Å². The predicted octanol–water partition coefficient (Wildman–Crippen LogP) is 5.32. The number of amides is 1. The molecule has 2 N–H and O–H groups in total. The molecule has 36 heavy (non-hydrogen) atoms. The number of aromatic hydroxyl groups is 1. The number of ether oxygens (including phenoxy) is 1. The number of hydrogen-bond acceptors (Lipinski definition) is 7. The van der Waals surface area contributed by atoms with E-state index >= 15 is 0 Å². The van der Waals surface area contributed by atoms with Crippen LogP contribution in [0, 0.1) is 0 Å². The lowest BCUT2D eigenvalue weighted by Gasteiger charge is -2.11. The fourth-order valence-electron chi connectivity index (χ4n) is 3.32. The van der Waals surface area contributed by atoms with E-state index in [-0.39, 0.29) is 17.4 Å². The first-order chi connectivity index (χ1) is 17.4. The average molecular weight is 522 g/mol. The van der Waals surface area contributed by atoms with Gasteiger partial charge in [-0.1, -0.05) is 23.4 Å². The third kappa shape index (κ3) is 6.24. The Morgan fingerprint density at radius 3 is 2.42 bits per heavy atom. The van der Waals surface area contributed by atoms with Crippen LogP contribution in [0.15, 0.2) is 83.1 Å². The van der Waals surface area contributed by atoms with Crippen molar-refractivity contribution in [2.24, 2.45) is 5.10 Å². The SMILES string of the molecule is CCOc1ccc(-n2c(SCC(=O)N/N=C(/C)c3ccc(O)cc3)nnc2-c2ccc(Cl)cc2)cc1. The highest BCUT2D eigenvalue weighted by molar-refractivity contribution is 7.99. The second kappa shape index (κ2) is 11.7. The molecule has 0 spiro atoms. The van der Waals surface area contributed by atoms with Gasteiger partial charge in [-0.2, -0.15) is 5.10 Å². The van der Waals surface area contributed by atoms with E-state index in [1.807, 2.05) is 47.9 Å². The number of rotatable bonds is 9. The van der Waals surface area contributed by atoms with Gasteiger partial charge in [0.15, 0.2) is 11.0 Å². The zero-order valence-electron chi connectivity index (χ0n) is 19.7. The molecule has 8 nitrogen and oxygen atoms in total. The van der Waals surface area contributed by atoms with Gasteiger partial charge in [-0.05, 0) is 92.2 Å². The van der Waals surface area contributed by atoms with Crippen molar-refractivity contribution in [3.8, 4) is 28.6 Å². The summed E-state index contributed by atoms with van der Waals surface area (Å²) in [7, 11) is 0. The molecule has 0 saturated heterocycles. The van der Waals surface area contributed by atoms with E-state index in [9.17, 15) is 9.90 Å². The Balaban J connectivity index is 1.53. The van der Waals surface area contributed by atoms with E-state index in [2.05, 4.69) is 20.7 Å². The molecule has 0 fully saturated rings. The number of carbonyl (C=O) groups excluding carboxylic acids is 1. The van der Waals surface area contributed by atoms with E-state index in [1.54, 1.807) is 43.3 Å². The Morgan fingerprint density at radius 1 is 1.06 bits per heavy atom. The fourth-order valence-corrected chi connectivity index (χ4v) is 4.19. The lowest BCUT2D eigenvalue weighted by atomic mass is 10.1. The van der Waals surface area contributed by atoms with Crippen molar-refractivity contribution in [1.82, 2.24) is 20.2 Å². The number of aromatic nitrogens is 3. The van der Waals surface area contributed by atoms with Gasteiger partial charge >= 0.3 is 0 Å². The second-order valence-corrected chi connectivity index (χ2v) is 9.02. The molecule has 0 aliphatic rings. The molecule has 1 aromatic heterocycles. The Kier molecular flexibility index (Phi) is 8.24. The number of nitrogens with one attached hydrogen (secondary N) is 1. The Labute approximate surface area is 218 Å². The van der Waals surface area contributed by atoms with E-state index in [4.69, 9.17) is 16.3 Å². The van der Waals surface area contributed by atoms with Gasteiger partial charge in [0, 0.05) is 16.3 Å². The summed E-state index contributed by atoms with van der Waals surface area (Å²) >= 11 is 7.31. The van der Waals surface area contributed by atoms with Crippen LogP contribution in [0.3, 0.4) is 0 Å². The summed E-state index contributed by atoms with van der Waals surface area (Å²) in [5.41, 5.74) is 5.65. The minimum absolute atomic E-state index is 0.0855. The first-order valence-corrected chi connectivity index (χ1v) is 12.5. The summed E-state index contributed by atoms with van der Waals surface area (Å²) in [5.74, 6) is 1.36. The number of phenols is 1. The van der Waals surface area contributed by atoms with Crippen LogP contribution in [0.5, 0.6) is 11.5 Å². The van der Waals surface area contributed by atoms with Crippen molar-refractivity contribution in [3.05, 3.63) is 83.4 Å². The number of benzene rings is 3. The summed E-state index contributed by atoms with van der Waals surface area (Å²) in [4.78, 5) is 12.5. The molecule has 4 rings (SSSR count). The molecular weight excluding hydrogens is 498 g/mol. The normalized spacial score (nSPS) is 11.4. The highest BCUT2D eigenvalue weighted by atomic mass is 35.5. The lowest BCUT2D eigenvalue weighted by molar-refractivity contribution is -0.118. The van der Waals surface area contributed by atoms with Crippen LogP contribution < -0.4 is 10.2 Å². The van der Waals surface area contributed by atoms with Gasteiger partial charge < -0.3 is 9.84 Å². The third-order valence-corrected chi connectivity index (χ3v) is 6.29. The van der Waals surface area contributed by atoms with Crippen molar-refractivity contribution in [3.63, 3.8) is 0 Å². The van der Waals surface area contributed by atoms with Crippen LogP contribution in [-0.2, 0) is 4.79 Å². The highest BCUT2D eigenvalue weighted by Crippen LogP contribution is 2.29. The molecule has 0 aliphatic heterocycles. The molecule has 0 radical (unpaired) electrons. The first-order valence-electron chi connectivity index (χ1n) is 11.1. The van der Waals surface area contributed by atoms with Gasteiger partial charge in [0.05, 0.1) is 18.1 Å². The zero-order chi connectivity index (χ0) is 25.5. The molecule has 0 aliphatic carbocycles. The number of hydrazone groups is 1. The van der Waals surface area contributed by atoms with Gasteiger partial charge in [-0.3, -0.25) is 9.36 Å². The maximum atomic E-state index is 12.5. The molecule has 0 atom stereocenters. The minimum atomic E-state index is -0.285. The second-order valence-electron chi connectivity index (χ2n) is 7.64. The summed E-state index contributed by atoms with van der Waals surface area (Å²) in [6.07, 6.45) is 0. The summed E-state index contributed by atoms with van der Waals surface area (Å²) in [6, 6.07) is 21.5. The van der Waals surface area contributed by atoms with Crippen LogP contribution in [0.4, 0.5) is 0 Å². The standard InChI is InChI=1S/C26H24ClN5O3S/c1-3-35-23-14-10-21(11-15-23)32-25(19-4-8-20(27)9-5-19)30-31-26(32)36-16-24(34)29-28-17(2)18-6-12-22(33)13-7-18/h4-15,33H,3,16H2,1-2H3,(H,29,34)/b28-17-.